The van der Waals surface area contributed by atoms with Crippen LogP contribution < -0.4 is 0 Å². The number of phenolic OH excluding ortho intramolecular Hbond substituents is 4. The summed E-state index contributed by atoms with van der Waals surface area (Å²) in [6.45, 7) is 0. The van der Waals surface area contributed by atoms with Crippen molar-refractivity contribution in [2.75, 3.05) is 0 Å². The Labute approximate surface area is 606 Å². The molecule has 4 aromatic heterocycles. The van der Waals surface area contributed by atoms with E-state index in [1.54, 1.807) is 24.3 Å². The minimum atomic E-state index is -0.920. The number of H-pyrrole nitrogens is 4. The average Bonchev–Trinajstić information content (AvgIpc) is 1.72. The molecule has 8 nitrogen and oxygen atoms in total. The van der Waals surface area contributed by atoms with E-state index in [0.717, 1.165) is 201 Å². The maximum atomic E-state index is 10.9. The number of aromatic amines is 4. The summed E-state index contributed by atoms with van der Waals surface area (Å²) in [7, 11) is 0. The van der Waals surface area contributed by atoms with Crippen LogP contribution in [0.25, 0.3) is 136 Å². The zero-order chi connectivity index (χ0) is 70.0. The summed E-state index contributed by atoms with van der Waals surface area (Å²) in [6.07, 6.45) is 16.4. The van der Waals surface area contributed by atoms with Crippen LogP contribution in [0.1, 0.15) is 89.5 Å². The Balaban J connectivity index is 0.757. The van der Waals surface area contributed by atoms with E-state index in [1.807, 2.05) is 97.6 Å². The number of hydrogen-bond acceptors (Lipinski definition) is 4. The van der Waals surface area contributed by atoms with Gasteiger partial charge in [0, 0.05) is 47.6 Å². The lowest BCUT2D eigenvalue weighted by Gasteiger charge is -2.37. The molecule has 0 aliphatic heterocycles. The number of nitrogens with one attached hydrogen (secondary N) is 4. The second kappa shape index (κ2) is 24.1. The van der Waals surface area contributed by atoms with E-state index >= 15 is 0 Å². The van der Waals surface area contributed by atoms with Crippen molar-refractivity contribution in [3.05, 3.63) is 406 Å². The van der Waals surface area contributed by atoms with Crippen molar-refractivity contribution < 1.29 is 20.4 Å². The first kappa shape index (κ1) is 60.8. The Morgan fingerprint density at radius 1 is 0.190 bits per heavy atom. The van der Waals surface area contributed by atoms with Crippen LogP contribution in [0.4, 0.5) is 0 Å². The van der Waals surface area contributed by atoms with E-state index in [0.29, 0.717) is 0 Å². The molecule has 8 heteroatoms. The van der Waals surface area contributed by atoms with Gasteiger partial charge in [0.25, 0.3) is 0 Å². The van der Waals surface area contributed by atoms with Crippen molar-refractivity contribution in [1.82, 2.24) is 19.9 Å². The lowest BCUT2D eigenvalue weighted by atomic mass is 9.64. The van der Waals surface area contributed by atoms with Crippen LogP contribution in [-0.2, 0) is 5.41 Å². The molecule has 4 aliphatic carbocycles. The summed E-state index contributed by atoms with van der Waals surface area (Å²) in [5.74, 6) is 0.903. The van der Waals surface area contributed by atoms with Gasteiger partial charge in [-0.25, -0.2) is 0 Å². The van der Waals surface area contributed by atoms with E-state index in [-0.39, 0.29) is 23.0 Å². The van der Waals surface area contributed by atoms with Crippen molar-refractivity contribution in [3.8, 4) is 112 Å². The first-order chi connectivity index (χ1) is 51.6. The molecule has 0 fully saturated rings. The molecule has 0 saturated carbocycles. The monoisotopic (exact) mass is 1350 g/mol. The number of hydrogen-bond donors (Lipinski definition) is 8. The standard InChI is InChI=1S/C97H64N4O4/c102-73-29-37-81-77-33-17-61(45-85(77)89(93(81)53-73)49-69-5-1-41-98-69)57-9-21-65(22-10-57)97(66-23-11-58(12-24-66)62-18-34-78-82-38-30-74(103)54-94(82)90(86(78)46-62)50-70-6-2-42-99-70,67-25-13-59(14-26-67)63-19-35-79-83-39-31-75(104)55-95(83)91(87(79)47-63)51-71-7-3-43-100-71)68-27-15-60(16-28-68)64-20-36-80-84-40-32-76(105)56-96(84)92(88(80)48-64)52-72-8-4-44-101-72/h1-56,98-105H/b89-49-,90-50-,91-51-,92-52-. The van der Waals surface area contributed by atoms with E-state index in [2.05, 4.69) is 238 Å². The van der Waals surface area contributed by atoms with Crippen molar-refractivity contribution in [2.45, 2.75) is 5.41 Å². The Hall–Kier alpha value is -14.1. The second-order valence-corrected chi connectivity index (χ2v) is 27.8. The largest absolute Gasteiger partial charge is 0.508 e. The lowest BCUT2D eigenvalue weighted by molar-refractivity contribution is 0.474. The van der Waals surface area contributed by atoms with Gasteiger partial charge in [-0.2, -0.15) is 0 Å². The summed E-state index contributed by atoms with van der Waals surface area (Å²) >= 11 is 0. The summed E-state index contributed by atoms with van der Waals surface area (Å²) in [5, 5.41) is 43.4. The normalized spacial score (nSPS) is 14.3. The van der Waals surface area contributed by atoms with Crippen LogP contribution in [0.15, 0.2) is 316 Å². The van der Waals surface area contributed by atoms with Crippen LogP contribution in [-0.4, -0.2) is 40.4 Å². The van der Waals surface area contributed by atoms with Gasteiger partial charge >= 0.3 is 0 Å². The molecule has 0 spiro atoms. The Kier molecular flexibility index (Phi) is 13.9. The van der Waals surface area contributed by atoms with Crippen LogP contribution >= 0.6 is 0 Å². The molecule has 20 rings (SSSR count). The van der Waals surface area contributed by atoms with E-state index in [9.17, 15) is 20.4 Å². The highest BCUT2D eigenvalue weighted by Crippen LogP contribution is 2.54. The molecular weight excluding hydrogens is 1290 g/mol. The van der Waals surface area contributed by atoms with Crippen molar-refractivity contribution >= 4 is 46.6 Å². The molecule has 4 heterocycles. The highest BCUT2D eigenvalue weighted by Gasteiger charge is 2.40. The molecule has 16 aromatic rings. The number of aromatic hydroxyl groups is 4. The fraction of sp³-hybridized carbons (Fsp3) is 0.0103. The van der Waals surface area contributed by atoms with Crippen LogP contribution in [0.3, 0.4) is 0 Å². The maximum Gasteiger partial charge on any atom is 0.116 e. The highest BCUT2D eigenvalue weighted by atomic mass is 16.3. The highest BCUT2D eigenvalue weighted by molar-refractivity contribution is 6.11. The molecule has 4 aliphatic rings. The quantitative estimate of drug-likeness (QED) is 0.0576. The molecular formula is C97H64N4O4. The minimum absolute atomic E-state index is 0.226. The zero-order valence-electron chi connectivity index (χ0n) is 56.6. The van der Waals surface area contributed by atoms with Gasteiger partial charge in [0.05, 0.1) is 5.41 Å². The molecule has 105 heavy (non-hydrogen) atoms. The van der Waals surface area contributed by atoms with Gasteiger partial charge in [-0.15, -0.1) is 0 Å². The molecule has 496 valence electrons. The molecule has 0 bridgehead atoms. The van der Waals surface area contributed by atoms with Gasteiger partial charge in [-0.05, 0) is 324 Å². The number of fused-ring (bicyclic) bond motifs is 12. The Bertz CT molecular complexity index is 5530. The lowest BCUT2D eigenvalue weighted by Crippen LogP contribution is -2.31. The van der Waals surface area contributed by atoms with Gasteiger partial charge in [0.15, 0.2) is 0 Å². The third-order valence-corrected chi connectivity index (χ3v) is 21.9. The third kappa shape index (κ3) is 10.1. The number of benzene rings is 12. The average molecular weight is 1350 g/mol. The topological polar surface area (TPSA) is 144 Å². The van der Waals surface area contributed by atoms with Crippen LogP contribution in [0.2, 0.25) is 0 Å². The SMILES string of the molecule is Oc1ccc2c(c1)/C(=C\c1ccc[nH]1)c1cc(-c3ccc(C(c4ccc(-c5ccc6c(c5)/C(=C/c5ccc[nH]5)c5cc(O)ccc5-6)cc4)(c4ccc(-c5ccc6c(c5)/C(=C/c5ccc[nH]5)c5cc(O)ccc5-6)cc4)c4ccc(-c5ccc6c(c5)/C(=C/c5ccc[nH]5)c5cc(O)ccc5-6)cc4)cc3)ccc1-2. The molecule has 12 aromatic carbocycles. The van der Waals surface area contributed by atoms with E-state index < -0.39 is 5.41 Å². The molecule has 0 radical (unpaired) electrons. The van der Waals surface area contributed by atoms with Gasteiger partial charge in [-0.3, -0.25) is 0 Å². The van der Waals surface area contributed by atoms with E-state index in [1.165, 1.54) is 0 Å². The Morgan fingerprint density at radius 3 is 0.581 bits per heavy atom. The number of rotatable bonds is 12. The number of aromatic nitrogens is 4. The summed E-state index contributed by atoms with van der Waals surface area (Å²) in [6, 6.07) is 102. The summed E-state index contributed by atoms with van der Waals surface area (Å²) in [4.78, 5) is 13.5. The predicted octanol–water partition coefficient (Wildman–Crippen LogP) is 23.1. The third-order valence-electron chi connectivity index (χ3n) is 21.9. The first-order valence-electron chi connectivity index (χ1n) is 35.4. The van der Waals surface area contributed by atoms with Crippen molar-refractivity contribution in [1.29, 1.82) is 0 Å². The van der Waals surface area contributed by atoms with Crippen LogP contribution in [0.5, 0.6) is 23.0 Å². The molecule has 0 atom stereocenters. The number of phenols is 4. The fourth-order valence-electron chi connectivity index (χ4n) is 16.9. The summed E-state index contributed by atoms with van der Waals surface area (Å²) < 4.78 is 0. The zero-order valence-corrected chi connectivity index (χ0v) is 56.6. The fourth-order valence-corrected chi connectivity index (χ4v) is 16.9. The maximum absolute atomic E-state index is 10.9. The Morgan fingerprint density at radius 2 is 0.381 bits per heavy atom. The smallest absolute Gasteiger partial charge is 0.116 e. The molecule has 0 unspecified atom stereocenters. The predicted molar refractivity (Wildman–Crippen MR) is 426 cm³/mol. The second-order valence-electron chi connectivity index (χ2n) is 27.8. The molecule has 0 saturated heterocycles. The van der Waals surface area contributed by atoms with E-state index in [4.69, 9.17) is 0 Å². The van der Waals surface area contributed by atoms with Gasteiger partial charge in [0.1, 0.15) is 23.0 Å². The first-order valence-corrected chi connectivity index (χ1v) is 35.4. The minimum Gasteiger partial charge on any atom is -0.508 e. The van der Waals surface area contributed by atoms with Gasteiger partial charge in [-0.1, -0.05) is 170 Å². The molecule has 8 N–H and O–H groups in total. The summed E-state index contributed by atoms with van der Waals surface area (Å²) in [5.41, 5.74) is 37.2. The van der Waals surface area contributed by atoms with Crippen molar-refractivity contribution in [2.24, 2.45) is 0 Å². The van der Waals surface area contributed by atoms with Crippen molar-refractivity contribution in [3.63, 3.8) is 0 Å². The molecule has 0 amide bonds. The van der Waals surface area contributed by atoms with Crippen LogP contribution in [0, 0.1) is 0 Å². The van der Waals surface area contributed by atoms with Gasteiger partial charge < -0.3 is 40.4 Å². The van der Waals surface area contributed by atoms with Gasteiger partial charge in [0.2, 0.25) is 0 Å².